The van der Waals surface area contributed by atoms with Crippen molar-refractivity contribution in [3.05, 3.63) is 75.8 Å². The van der Waals surface area contributed by atoms with Crippen LogP contribution in [0.25, 0.3) is 5.65 Å². The van der Waals surface area contributed by atoms with Crippen molar-refractivity contribution in [1.82, 2.24) is 9.38 Å². The molecule has 0 saturated carbocycles. The van der Waals surface area contributed by atoms with Gasteiger partial charge in [0.25, 0.3) is 5.56 Å². The van der Waals surface area contributed by atoms with E-state index in [1.807, 2.05) is 19.1 Å². The fourth-order valence-electron chi connectivity index (χ4n) is 2.12. The maximum atomic E-state index is 12.1. The zero-order valence-corrected chi connectivity index (χ0v) is 12.9. The number of hydrogen-bond acceptors (Lipinski definition) is 3. The van der Waals surface area contributed by atoms with Crippen LogP contribution in [0.4, 0.5) is 0 Å². The highest BCUT2D eigenvalue weighted by atomic mass is 32.2. The fraction of sp³-hybridized carbons (Fsp3) is 0.176. The van der Waals surface area contributed by atoms with Crippen LogP contribution in [0.5, 0.6) is 0 Å². The van der Waals surface area contributed by atoms with Crippen molar-refractivity contribution in [3.8, 4) is 0 Å². The van der Waals surface area contributed by atoms with E-state index in [1.54, 1.807) is 28.4 Å². The predicted octanol–water partition coefficient (Wildman–Crippen LogP) is 3.60. The van der Waals surface area contributed by atoms with Crippen molar-refractivity contribution in [2.75, 3.05) is 0 Å². The van der Waals surface area contributed by atoms with Crippen molar-refractivity contribution in [1.29, 1.82) is 0 Å². The van der Waals surface area contributed by atoms with Gasteiger partial charge in [0.05, 0.1) is 5.69 Å². The Kier molecular flexibility index (Phi) is 3.80. The highest BCUT2D eigenvalue weighted by Crippen LogP contribution is 2.22. The quantitative estimate of drug-likeness (QED) is 0.693. The Bertz CT molecular complexity index is 838. The van der Waals surface area contributed by atoms with Gasteiger partial charge in [0.15, 0.2) is 0 Å². The molecule has 0 atom stereocenters. The minimum absolute atomic E-state index is 0.0282. The third-order valence-corrected chi connectivity index (χ3v) is 4.33. The summed E-state index contributed by atoms with van der Waals surface area (Å²) in [5.41, 5.74) is 3.85. The third kappa shape index (κ3) is 3.16. The van der Waals surface area contributed by atoms with Crippen LogP contribution < -0.4 is 5.56 Å². The normalized spacial score (nSPS) is 11.0. The fourth-order valence-corrected chi connectivity index (χ4v) is 2.91. The molecular weight excluding hydrogens is 280 g/mol. The molecule has 0 aliphatic carbocycles. The van der Waals surface area contributed by atoms with Crippen molar-refractivity contribution in [2.24, 2.45) is 0 Å². The molecule has 4 heteroatoms. The van der Waals surface area contributed by atoms with Crippen LogP contribution in [0.15, 0.2) is 58.4 Å². The zero-order chi connectivity index (χ0) is 14.8. The first kappa shape index (κ1) is 13.9. The van der Waals surface area contributed by atoms with Crippen LogP contribution in [-0.2, 0) is 5.75 Å². The zero-order valence-electron chi connectivity index (χ0n) is 12.0. The van der Waals surface area contributed by atoms with Gasteiger partial charge in [-0.05, 0) is 43.7 Å². The lowest BCUT2D eigenvalue weighted by Gasteiger charge is -2.05. The van der Waals surface area contributed by atoms with Gasteiger partial charge in [0, 0.05) is 22.9 Å². The second-order valence-electron chi connectivity index (χ2n) is 5.12. The van der Waals surface area contributed by atoms with Gasteiger partial charge in [0.1, 0.15) is 5.65 Å². The maximum Gasteiger partial charge on any atom is 0.258 e. The molecule has 3 nitrogen and oxygen atoms in total. The molecule has 2 heterocycles. The van der Waals surface area contributed by atoms with Gasteiger partial charge >= 0.3 is 0 Å². The molecule has 106 valence electrons. The average molecular weight is 296 g/mol. The maximum absolute atomic E-state index is 12.1. The molecule has 0 aliphatic rings. The number of thioether (sulfide) groups is 1. The number of aromatic nitrogens is 2. The molecule has 1 aromatic carbocycles. The molecule has 0 unspecified atom stereocenters. The van der Waals surface area contributed by atoms with Crippen LogP contribution in [-0.4, -0.2) is 9.38 Å². The van der Waals surface area contributed by atoms with Crippen LogP contribution in [0.2, 0.25) is 0 Å². The van der Waals surface area contributed by atoms with E-state index in [9.17, 15) is 4.79 Å². The van der Waals surface area contributed by atoms with E-state index in [0.29, 0.717) is 11.4 Å². The Balaban J connectivity index is 1.87. The van der Waals surface area contributed by atoms with Gasteiger partial charge in [0.2, 0.25) is 0 Å². The Morgan fingerprint density at radius 2 is 1.81 bits per heavy atom. The van der Waals surface area contributed by atoms with Gasteiger partial charge in [-0.1, -0.05) is 17.7 Å². The topological polar surface area (TPSA) is 34.4 Å². The van der Waals surface area contributed by atoms with Crippen LogP contribution in [0, 0.1) is 13.8 Å². The van der Waals surface area contributed by atoms with Gasteiger partial charge in [-0.15, -0.1) is 11.8 Å². The number of benzene rings is 1. The average Bonchev–Trinajstić information content (AvgIpc) is 2.46. The van der Waals surface area contributed by atoms with E-state index in [4.69, 9.17) is 0 Å². The molecule has 0 N–H and O–H groups in total. The van der Waals surface area contributed by atoms with E-state index < -0.39 is 0 Å². The second-order valence-corrected chi connectivity index (χ2v) is 6.17. The summed E-state index contributed by atoms with van der Waals surface area (Å²) in [7, 11) is 0. The highest BCUT2D eigenvalue weighted by Gasteiger charge is 2.03. The summed E-state index contributed by atoms with van der Waals surface area (Å²) in [5.74, 6) is 0.697. The number of aryl methyl sites for hydroxylation is 2. The first-order valence-corrected chi connectivity index (χ1v) is 7.79. The van der Waals surface area contributed by atoms with E-state index in [2.05, 4.69) is 36.2 Å². The molecule has 2 aromatic heterocycles. The van der Waals surface area contributed by atoms with Crippen molar-refractivity contribution in [3.63, 3.8) is 0 Å². The number of hydrogen-bond donors (Lipinski definition) is 0. The molecular formula is C17H16N2OS. The SMILES string of the molecule is Cc1ccc(SCc2cc(=O)n3ccc(C)cc3n2)cc1. The summed E-state index contributed by atoms with van der Waals surface area (Å²) in [4.78, 5) is 17.8. The summed E-state index contributed by atoms with van der Waals surface area (Å²) < 4.78 is 1.58. The standard InChI is InChI=1S/C17H16N2OS/c1-12-3-5-15(6-4-12)21-11-14-10-17(20)19-8-7-13(2)9-16(19)18-14/h3-10H,11H2,1-2H3. The van der Waals surface area contributed by atoms with Gasteiger partial charge in [-0.3, -0.25) is 9.20 Å². The molecule has 3 aromatic rings. The molecule has 0 aliphatic heterocycles. The molecule has 0 bridgehead atoms. The summed E-state index contributed by atoms with van der Waals surface area (Å²) in [6, 6.07) is 13.8. The largest absolute Gasteiger partial charge is 0.269 e. The Morgan fingerprint density at radius 3 is 2.57 bits per heavy atom. The first-order valence-electron chi connectivity index (χ1n) is 6.80. The third-order valence-electron chi connectivity index (χ3n) is 3.28. The van der Waals surface area contributed by atoms with Crippen LogP contribution in [0.3, 0.4) is 0 Å². The second kappa shape index (κ2) is 5.74. The predicted molar refractivity (Wildman–Crippen MR) is 86.9 cm³/mol. The van der Waals surface area contributed by atoms with Gasteiger partial charge in [-0.25, -0.2) is 4.98 Å². The van der Waals surface area contributed by atoms with Gasteiger partial charge < -0.3 is 0 Å². The highest BCUT2D eigenvalue weighted by molar-refractivity contribution is 7.98. The van der Waals surface area contributed by atoms with E-state index in [0.717, 1.165) is 11.3 Å². The molecule has 0 saturated heterocycles. The molecule has 0 amide bonds. The molecule has 0 spiro atoms. The lowest BCUT2D eigenvalue weighted by atomic mass is 10.2. The Labute approximate surface area is 127 Å². The Morgan fingerprint density at radius 1 is 1.05 bits per heavy atom. The smallest absolute Gasteiger partial charge is 0.258 e. The van der Waals surface area contributed by atoms with Gasteiger partial charge in [-0.2, -0.15) is 0 Å². The van der Waals surface area contributed by atoms with Crippen LogP contribution >= 0.6 is 11.8 Å². The number of rotatable bonds is 3. The molecule has 3 rings (SSSR count). The first-order chi connectivity index (χ1) is 10.1. The minimum atomic E-state index is -0.0282. The minimum Gasteiger partial charge on any atom is -0.269 e. The Hall–Kier alpha value is -2.07. The number of nitrogens with zero attached hydrogens (tertiary/aromatic N) is 2. The van der Waals surface area contributed by atoms with E-state index in [-0.39, 0.29) is 5.56 Å². The van der Waals surface area contributed by atoms with E-state index in [1.165, 1.54) is 10.5 Å². The summed E-state index contributed by atoms with van der Waals surface area (Å²) in [5, 5.41) is 0. The number of pyridine rings is 1. The summed E-state index contributed by atoms with van der Waals surface area (Å²) in [6.07, 6.45) is 1.77. The molecule has 0 fully saturated rings. The van der Waals surface area contributed by atoms with Crippen molar-refractivity contribution in [2.45, 2.75) is 24.5 Å². The summed E-state index contributed by atoms with van der Waals surface area (Å²) in [6.45, 7) is 4.07. The molecule has 0 radical (unpaired) electrons. The van der Waals surface area contributed by atoms with Crippen LogP contribution in [0.1, 0.15) is 16.8 Å². The van der Waals surface area contributed by atoms with Crippen molar-refractivity contribution >= 4 is 17.4 Å². The summed E-state index contributed by atoms with van der Waals surface area (Å²) >= 11 is 1.69. The lowest BCUT2D eigenvalue weighted by molar-refractivity contribution is 1.01. The van der Waals surface area contributed by atoms with Crippen molar-refractivity contribution < 1.29 is 0 Å². The monoisotopic (exact) mass is 296 g/mol. The van der Waals surface area contributed by atoms with E-state index >= 15 is 0 Å². The number of fused-ring (bicyclic) bond motifs is 1. The lowest BCUT2D eigenvalue weighted by Crippen LogP contribution is -2.15. The molecule has 21 heavy (non-hydrogen) atoms.